The summed E-state index contributed by atoms with van der Waals surface area (Å²) >= 11 is 0.940. The van der Waals surface area contributed by atoms with Gasteiger partial charge in [0.15, 0.2) is 0 Å². The van der Waals surface area contributed by atoms with Gasteiger partial charge in [0.2, 0.25) is 5.91 Å². The first kappa shape index (κ1) is 23.0. The first-order valence-electron chi connectivity index (χ1n) is 8.37. The number of hydrogen-bond acceptors (Lipinski definition) is 7. The second-order valence-corrected chi connectivity index (χ2v) is 6.49. The summed E-state index contributed by atoms with van der Waals surface area (Å²) in [4.78, 5) is 38.8. The monoisotopic (exact) mass is 402 g/mol. The van der Waals surface area contributed by atoms with Crippen molar-refractivity contribution in [1.82, 2.24) is 4.90 Å². The number of carbonyl (C=O) groups is 3. The van der Waals surface area contributed by atoms with Crippen LogP contribution in [0.5, 0.6) is 0 Å². The van der Waals surface area contributed by atoms with Crippen LogP contribution in [0, 0.1) is 31.6 Å². The predicted molar refractivity (Wildman–Crippen MR) is 108 cm³/mol. The summed E-state index contributed by atoms with van der Waals surface area (Å²) in [6, 6.07) is 0. The molecule has 1 amide bonds. The van der Waals surface area contributed by atoms with E-state index in [0.717, 1.165) is 11.3 Å². The first-order chi connectivity index (χ1) is 13.4. The summed E-state index contributed by atoms with van der Waals surface area (Å²) < 4.78 is 10.1. The van der Waals surface area contributed by atoms with Gasteiger partial charge in [-0.05, 0) is 19.4 Å². The van der Waals surface area contributed by atoms with E-state index in [0.29, 0.717) is 5.56 Å². The van der Waals surface area contributed by atoms with Gasteiger partial charge in [0.05, 0.1) is 31.8 Å². The molecule has 0 bridgehead atoms. The number of thiophene rings is 1. The van der Waals surface area contributed by atoms with Gasteiger partial charge < -0.3 is 14.8 Å². The number of terminal acetylenes is 2. The van der Waals surface area contributed by atoms with Crippen LogP contribution in [-0.2, 0) is 14.3 Å². The van der Waals surface area contributed by atoms with Crippen molar-refractivity contribution in [2.24, 2.45) is 0 Å². The molecule has 0 atom stereocenters. The van der Waals surface area contributed by atoms with Crippen LogP contribution in [0.2, 0.25) is 0 Å². The Balaban J connectivity index is 3.14. The number of anilines is 1. The fraction of sp³-hybridized carbons (Fsp3) is 0.350. The number of hydrogen-bond donors (Lipinski definition) is 1. The highest BCUT2D eigenvalue weighted by atomic mass is 32.1. The number of nitrogens with zero attached hydrogens (tertiary/aromatic N) is 1. The molecule has 28 heavy (non-hydrogen) atoms. The molecule has 8 heteroatoms. The van der Waals surface area contributed by atoms with E-state index in [1.807, 2.05) is 0 Å². The average molecular weight is 402 g/mol. The van der Waals surface area contributed by atoms with Crippen LogP contribution < -0.4 is 5.32 Å². The van der Waals surface area contributed by atoms with Crippen molar-refractivity contribution in [3.8, 4) is 24.7 Å². The van der Waals surface area contributed by atoms with E-state index in [4.69, 9.17) is 22.3 Å². The maximum Gasteiger partial charge on any atom is 0.348 e. The molecule has 0 aliphatic rings. The van der Waals surface area contributed by atoms with Gasteiger partial charge in [-0.3, -0.25) is 9.69 Å². The molecule has 0 aliphatic heterocycles. The van der Waals surface area contributed by atoms with Crippen molar-refractivity contribution in [3.05, 3.63) is 28.7 Å². The molecule has 0 unspecified atom stereocenters. The van der Waals surface area contributed by atoms with E-state index in [2.05, 4.69) is 23.7 Å². The Morgan fingerprint density at radius 2 is 1.86 bits per heavy atom. The van der Waals surface area contributed by atoms with E-state index < -0.39 is 17.8 Å². The van der Waals surface area contributed by atoms with Crippen molar-refractivity contribution in [2.75, 3.05) is 38.2 Å². The van der Waals surface area contributed by atoms with E-state index in [1.165, 1.54) is 6.08 Å². The van der Waals surface area contributed by atoms with E-state index in [1.54, 1.807) is 18.7 Å². The molecule has 0 aliphatic carbocycles. The van der Waals surface area contributed by atoms with Gasteiger partial charge >= 0.3 is 11.9 Å². The van der Waals surface area contributed by atoms with Crippen LogP contribution in [-0.4, -0.2) is 55.6 Å². The van der Waals surface area contributed by atoms with Crippen molar-refractivity contribution in [3.63, 3.8) is 0 Å². The Bertz CT molecular complexity index is 813. The van der Waals surface area contributed by atoms with Crippen LogP contribution in [0.15, 0.2) is 12.7 Å². The molecule has 0 aromatic carbocycles. The fourth-order valence-electron chi connectivity index (χ4n) is 2.24. The van der Waals surface area contributed by atoms with Crippen LogP contribution in [0.4, 0.5) is 5.00 Å². The molecule has 1 aromatic rings. The molecule has 1 aromatic heterocycles. The molecular weight excluding hydrogens is 380 g/mol. The van der Waals surface area contributed by atoms with Gasteiger partial charge in [-0.2, -0.15) is 0 Å². The molecule has 7 nitrogen and oxygen atoms in total. The fourth-order valence-corrected chi connectivity index (χ4v) is 3.35. The molecule has 0 radical (unpaired) electrons. The minimum atomic E-state index is -0.640. The quantitative estimate of drug-likeness (QED) is 0.366. The van der Waals surface area contributed by atoms with Crippen molar-refractivity contribution >= 4 is 34.2 Å². The average Bonchev–Trinajstić information content (AvgIpc) is 2.96. The van der Waals surface area contributed by atoms with Crippen LogP contribution >= 0.6 is 11.3 Å². The molecule has 0 fully saturated rings. The second-order valence-electron chi connectivity index (χ2n) is 5.47. The van der Waals surface area contributed by atoms with Crippen molar-refractivity contribution in [2.45, 2.75) is 13.8 Å². The minimum absolute atomic E-state index is 0.0275. The van der Waals surface area contributed by atoms with Gasteiger partial charge in [0.25, 0.3) is 0 Å². The van der Waals surface area contributed by atoms with Gasteiger partial charge in [0, 0.05) is 0 Å². The van der Waals surface area contributed by atoms with Crippen LogP contribution in [0.1, 0.15) is 32.5 Å². The molecule has 1 N–H and O–H groups in total. The maximum atomic E-state index is 12.4. The maximum absolute atomic E-state index is 12.4. The van der Waals surface area contributed by atoms with Gasteiger partial charge in [0.1, 0.15) is 16.5 Å². The molecular formula is C20H22N2O5S. The Labute approximate surface area is 168 Å². The summed E-state index contributed by atoms with van der Waals surface area (Å²) in [5.41, 5.74) is 0.489. The zero-order valence-electron chi connectivity index (χ0n) is 15.9. The molecule has 0 saturated heterocycles. The predicted octanol–water partition coefficient (Wildman–Crippen LogP) is 2.08. The molecule has 148 valence electrons. The molecule has 1 rings (SSSR count). The third-order valence-corrected chi connectivity index (χ3v) is 4.58. The lowest BCUT2D eigenvalue weighted by Gasteiger charge is -2.16. The highest BCUT2D eigenvalue weighted by Gasteiger charge is 2.27. The lowest BCUT2D eigenvalue weighted by molar-refractivity contribution is -0.117. The topological polar surface area (TPSA) is 84.9 Å². The molecule has 1 heterocycles. The lowest BCUT2D eigenvalue weighted by atomic mass is 10.1. The first-order valence-corrected chi connectivity index (χ1v) is 9.18. The van der Waals surface area contributed by atoms with Gasteiger partial charge in [-0.15, -0.1) is 24.2 Å². The lowest BCUT2D eigenvalue weighted by Crippen LogP contribution is -2.34. The Morgan fingerprint density at radius 1 is 1.21 bits per heavy atom. The smallest absolute Gasteiger partial charge is 0.348 e. The molecule has 0 saturated carbocycles. The summed E-state index contributed by atoms with van der Waals surface area (Å²) in [6.07, 6.45) is 12.0. The zero-order chi connectivity index (χ0) is 21.1. The highest BCUT2D eigenvalue weighted by Crippen LogP contribution is 2.34. The van der Waals surface area contributed by atoms with Crippen LogP contribution in [0.3, 0.4) is 0 Å². The highest BCUT2D eigenvalue weighted by molar-refractivity contribution is 7.18. The Morgan fingerprint density at radius 3 is 2.39 bits per heavy atom. The SMILES string of the molecule is C#CCN(CC#C)CC(=O)Nc1sc(C(=O)OCC=C)c(C)c1C(=O)OCC. The van der Waals surface area contributed by atoms with Crippen molar-refractivity contribution < 1.29 is 23.9 Å². The standard InChI is InChI=1S/C20H22N2O5S/c1-6-10-22(11-7-2)13-15(23)21-18-16(19(24)26-9-4)14(5)17(28-18)20(25)27-12-8-3/h1-2,8H,3,9-13H2,4-5H3,(H,21,23). The summed E-state index contributed by atoms with van der Waals surface area (Å²) in [5, 5.41) is 2.84. The van der Waals surface area contributed by atoms with E-state index in [-0.39, 0.29) is 48.3 Å². The van der Waals surface area contributed by atoms with E-state index >= 15 is 0 Å². The minimum Gasteiger partial charge on any atom is -0.462 e. The zero-order valence-corrected chi connectivity index (χ0v) is 16.7. The second kappa shape index (κ2) is 11.6. The number of esters is 2. The normalized spacial score (nSPS) is 9.89. The number of rotatable bonds is 10. The third kappa shape index (κ3) is 6.27. The number of nitrogens with one attached hydrogen (secondary N) is 1. The number of amides is 1. The molecule has 0 spiro atoms. The summed E-state index contributed by atoms with van der Waals surface area (Å²) in [7, 11) is 0. The summed E-state index contributed by atoms with van der Waals surface area (Å²) in [5.74, 6) is 3.17. The van der Waals surface area contributed by atoms with Crippen LogP contribution in [0.25, 0.3) is 0 Å². The summed E-state index contributed by atoms with van der Waals surface area (Å²) in [6.45, 7) is 7.24. The number of ether oxygens (including phenoxy) is 2. The number of carbonyl (C=O) groups excluding carboxylic acids is 3. The van der Waals surface area contributed by atoms with Gasteiger partial charge in [-0.1, -0.05) is 24.5 Å². The van der Waals surface area contributed by atoms with Gasteiger partial charge in [-0.25, -0.2) is 9.59 Å². The Hall–Kier alpha value is -3.07. The van der Waals surface area contributed by atoms with E-state index in [9.17, 15) is 14.4 Å². The van der Waals surface area contributed by atoms with Crippen molar-refractivity contribution in [1.29, 1.82) is 0 Å². The third-order valence-electron chi connectivity index (χ3n) is 3.39. The Kier molecular flexibility index (Phi) is 9.52. The largest absolute Gasteiger partial charge is 0.462 e.